The van der Waals surface area contributed by atoms with E-state index in [9.17, 15) is 9.59 Å². The molecule has 1 fully saturated rings. The van der Waals surface area contributed by atoms with Gasteiger partial charge < -0.3 is 30.3 Å². The normalized spacial score (nSPS) is 16.4. The van der Waals surface area contributed by atoms with E-state index in [0.29, 0.717) is 43.5 Å². The van der Waals surface area contributed by atoms with Crippen molar-refractivity contribution in [1.82, 2.24) is 4.98 Å². The number of carbonyl (C=O) groups excluding carboxylic acids is 2. The van der Waals surface area contributed by atoms with Crippen LogP contribution in [-0.2, 0) is 20.7 Å². The zero-order valence-electron chi connectivity index (χ0n) is 20.1. The second-order valence-electron chi connectivity index (χ2n) is 9.07. The van der Waals surface area contributed by atoms with E-state index < -0.39 is 5.91 Å². The molecular formula is C25H30N6O4. The number of nitrogens with one attached hydrogen (secondary N) is 4. The molecule has 0 unspecified atom stereocenters. The number of morpholine rings is 1. The third-order valence-electron chi connectivity index (χ3n) is 5.59. The molecule has 3 heterocycles. The van der Waals surface area contributed by atoms with Gasteiger partial charge in [0.1, 0.15) is 22.9 Å². The second kappa shape index (κ2) is 10.1. The molecule has 2 amide bonds. The molecule has 0 atom stereocenters. The Bertz CT molecular complexity index is 1170. The first kappa shape index (κ1) is 24.2. The zero-order chi connectivity index (χ0) is 25.0. The maximum absolute atomic E-state index is 12.8. The summed E-state index contributed by atoms with van der Waals surface area (Å²) in [6.07, 6.45) is 5.16. The highest BCUT2D eigenvalue weighted by atomic mass is 16.5. The highest BCUT2D eigenvalue weighted by Gasteiger charge is 2.32. The van der Waals surface area contributed by atoms with Crippen LogP contribution in [0.4, 0.5) is 22.9 Å². The minimum atomic E-state index is -0.524. The molecule has 2 aliphatic heterocycles. The van der Waals surface area contributed by atoms with Crippen LogP contribution in [0, 0.1) is 5.41 Å². The van der Waals surface area contributed by atoms with Crippen LogP contribution in [0.25, 0.3) is 0 Å². The van der Waals surface area contributed by atoms with Crippen LogP contribution in [-0.4, -0.2) is 54.4 Å². The van der Waals surface area contributed by atoms with E-state index in [2.05, 4.69) is 25.8 Å². The van der Waals surface area contributed by atoms with Gasteiger partial charge in [-0.05, 0) is 32.1 Å². The number of benzene rings is 1. The minimum absolute atomic E-state index is 0.210. The van der Waals surface area contributed by atoms with Gasteiger partial charge in [0.05, 0.1) is 24.6 Å². The third kappa shape index (κ3) is 6.15. The number of hydrogen-bond donors (Lipinski definition) is 4. The van der Waals surface area contributed by atoms with E-state index in [-0.39, 0.29) is 17.2 Å². The molecule has 4 N–H and O–H groups in total. The SMILES string of the molecule is CC(=O)Nc1cc(N/C=C\C(=N)C(=O)Nc2cc3c(cc2N2CCOCC2)OC(C)(C)C3)ccn1. The molecule has 1 aromatic carbocycles. The van der Waals surface area contributed by atoms with Crippen LogP contribution in [0.5, 0.6) is 5.75 Å². The van der Waals surface area contributed by atoms with Gasteiger partial charge in [-0.2, -0.15) is 0 Å². The average molecular weight is 479 g/mol. The first-order chi connectivity index (χ1) is 16.7. The molecule has 10 heteroatoms. The molecule has 10 nitrogen and oxygen atoms in total. The Morgan fingerprint density at radius 3 is 2.69 bits per heavy atom. The summed E-state index contributed by atoms with van der Waals surface area (Å²) in [7, 11) is 0. The first-order valence-corrected chi connectivity index (χ1v) is 11.5. The number of carbonyl (C=O) groups is 2. The maximum Gasteiger partial charge on any atom is 0.273 e. The Kier molecular flexibility index (Phi) is 7.02. The molecule has 0 aliphatic carbocycles. The summed E-state index contributed by atoms with van der Waals surface area (Å²) in [5, 5.41) is 16.7. The summed E-state index contributed by atoms with van der Waals surface area (Å²) in [5.74, 6) is 0.485. The number of aromatic nitrogens is 1. The molecule has 0 bridgehead atoms. The van der Waals surface area contributed by atoms with Gasteiger partial charge >= 0.3 is 0 Å². The number of rotatable bonds is 7. The topological polar surface area (TPSA) is 129 Å². The summed E-state index contributed by atoms with van der Waals surface area (Å²) >= 11 is 0. The Morgan fingerprint density at radius 1 is 1.17 bits per heavy atom. The summed E-state index contributed by atoms with van der Waals surface area (Å²) in [6, 6.07) is 7.28. The lowest BCUT2D eigenvalue weighted by Crippen LogP contribution is -2.37. The number of fused-ring (bicyclic) bond motifs is 1. The average Bonchev–Trinajstić information content (AvgIpc) is 3.11. The molecule has 2 aromatic rings. The van der Waals surface area contributed by atoms with Crippen molar-refractivity contribution in [2.75, 3.05) is 47.2 Å². The van der Waals surface area contributed by atoms with E-state index >= 15 is 0 Å². The Hall–Kier alpha value is -3.92. The summed E-state index contributed by atoms with van der Waals surface area (Å²) in [5.41, 5.74) is 2.68. The number of hydrogen-bond acceptors (Lipinski definition) is 8. The van der Waals surface area contributed by atoms with Crippen molar-refractivity contribution in [3.8, 4) is 5.75 Å². The van der Waals surface area contributed by atoms with Gasteiger partial charge in [-0.1, -0.05) is 0 Å². The molecule has 0 radical (unpaired) electrons. The number of ether oxygens (including phenoxy) is 2. The van der Waals surface area contributed by atoms with Crippen molar-refractivity contribution in [1.29, 1.82) is 5.41 Å². The smallest absolute Gasteiger partial charge is 0.273 e. The van der Waals surface area contributed by atoms with Gasteiger partial charge in [0.2, 0.25) is 5.91 Å². The second-order valence-corrected chi connectivity index (χ2v) is 9.07. The van der Waals surface area contributed by atoms with Gasteiger partial charge in [0.15, 0.2) is 0 Å². The number of pyridine rings is 1. The van der Waals surface area contributed by atoms with Crippen molar-refractivity contribution in [3.63, 3.8) is 0 Å². The largest absolute Gasteiger partial charge is 0.487 e. The predicted molar refractivity (Wildman–Crippen MR) is 136 cm³/mol. The fourth-order valence-electron chi connectivity index (χ4n) is 4.06. The highest BCUT2D eigenvalue weighted by Crippen LogP contribution is 2.41. The highest BCUT2D eigenvalue weighted by molar-refractivity contribution is 6.46. The summed E-state index contributed by atoms with van der Waals surface area (Å²) < 4.78 is 11.6. The number of anilines is 4. The summed E-state index contributed by atoms with van der Waals surface area (Å²) in [6.45, 7) is 8.11. The molecule has 0 spiro atoms. The van der Waals surface area contributed by atoms with E-state index in [1.165, 1.54) is 19.2 Å². The van der Waals surface area contributed by atoms with Gasteiger partial charge in [0, 0.05) is 62.2 Å². The molecule has 35 heavy (non-hydrogen) atoms. The minimum Gasteiger partial charge on any atom is -0.487 e. The number of nitrogens with zero attached hydrogens (tertiary/aromatic N) is 2. The molecule has 1 aromatic heterocycles. The van der Waals surface area contributed by atoms with Crippen LogP contribution in [0.3, 0.4) is 0 Å². The molecule has 184 valence electrons. The Labute approximate surface area is 204 Å². The van der Waals surface area contributed by atoms with Crippen LogP contribution >= 0.6 is 0 Å². The third-order valence-corrected chi connectivity index (χ3v) is 5.59. The Balaban J connectivity index is 1.46. The van der Waals surface area contributed by atoms with Crippen LogP contribution in [0.1, 0.15) is 26.3 Å². The van der Waals surface area contributed by atoms with Gasteiger partial charge in [-0.15, -0.1) is 0 Å². The van der Waals surface area contributed by atoms with Gasteiger partial charge in [-0.3, -0.25) is 15.0 Å². The van der Waals surface area contributed by atoms with Crippen molar-refractivity contribution in [3.05, 3.63) is 48.3 Å². The monoisotopic (exact) mass is 478 g/mol. The van der Waals surface area contributed by atoms with E-state index in [1.807, 2.05) is 26.0 Å². The molecule has 1 saturated heterocycles. The van der Waals surface area contributed by atoms with Crippen molar-refractivity contribution < 1.29 is 19.1 Å². The van der Waals surface area contributed by atoms with E-state index in [0.717, 1.165) is 23.4 Å². The van der Waals surface area contributed by atoms with Crippen LogP contribution in [0.2, 0.25) is 0 Å². The quantitative estimate of drug-likeness (QED) is 0.450. The first-order valence-electron chi connectivity index (χ1n) is 11.5. The van der Waals surface area contributed by atoms with Crippen molar-refractivity contribution in [2.24, 2.45) is 0 Å². The van der Waals surface area contributed by atoms with Gasteiger partial charge in [-0.25, -0.2) is 4.98 Å². The van der Waals surface area contributed by atoms with Crippen LogP contribution in [0.15, 0.2) is 42.7 Å². The lowest BCUT2D eigenvalue weighted by Gasteiger charge is -2.31. The molecule has 0 saturated carbocycles. The maximum atomic E-state index is 12.8. The lowest BCUT2D eigenvalue weighted by molar-refractivity contribution is -0.114. The van der Waals surface area contributed by atoms with Crippen molar-refractivity contribution in [2.45, 2.75) is 32.8 Å². The zero-order valence-corrected chi connectivity index (χ0v) is 20.1. The van der Waals surface area contributed by atoms with E-state index in [1.54, 1.807) is 18.3 Å². The fourth-order valence-corrected chi connectivity index (χ4v) is 4.06. The lowest BCUT2D eigenvalue weighted by atomic mass is 10.0. The van der Waals surface area contributed by atoms with Crippen LogP contribution < -0.4 is 25.6 Å². The van der Waals surface area contributed by atoms with Crippen molar-refractivity contribution >= 4 is 40.4 Å². The van der Waals surface area contributed by atoms with E-state index in [4.69, 9.17) is 14.9 Å². The molecule has 4 rings (SSSR count). The van der Waals surface area contributed by atoms with Gasteiger partial charge in [0.25, 0.3) is 5.91 Å². The Morgan fingerprint density at radius 2 is 1.94 bits per heavy atom. The standard InChI is InChI=1S/C25H30N6O4/c1-16(32)29-23-13-18(4-6-28-23)27-7-5-19(26)24(33)30-20-12-17-15-25(2,3)35-22(17)14-21(20)31-8-10-34-11-9-31/h4-7,12-14,26H,8-11,15H2,1-3H3,(H,30,33)(H2,27,28,29,32)/b7-5-,26-19?. The molecular weight excluding hydrogens is 448 g/mol. The number of amides is 2. The summed E-state index contributed by atoms with van der Waals surface area (Å²) in [4.78, 5) is 30.3. The molecule has 2 aliphatic rings. The predicted octanol–water partition coefficient (Wildman–Crippen LogP) is 3.17. The fraction of sp³-hybridized carbons (Fsp3) is 0.360.